The van der Waals surface area contributed by atoms with Crippen LogP contribution in [0.1, 0.15) is 35.8 Å². The van der Waals surface area contributed by atoms with E-state index in [0.29, 0.717) is 30.3 Å². The Morgan fingerprint density at radius 1 is 1.37 bits per heavy atom. The number of nitrogens with zero attached hydrogens (tertiary/aromatic N) is 6. The molecule has 1 aliphatic rings. The van der Waals surface area contributed by atoms with Gasteiger partial charge >= 0.3 is 0 Å². The van der Waals surface area contributed by atoms with Gasteiger partial charge in [0.2, 0.25) is 0 Å². The molecule has 1 N–H and O–H groups in total. The molecule has 0 radical (unpaired) electrons. The number of hydrogen-bond acceptors (Lipinski definition) is 6. The smallest absolute Gasteiger partial charge is 0.266 e. The van der Waals surface area contributed by atoms with E-state index in [1.165, 1.54) is 0 Å². The lowest BCUT2D eigenvalue weighted by Gasteiger charge is -2.18. The summed E-state index contributed by atoms with van der Waals surface area (Å²) >= 11 is 0. The number of H-pyrrole nitrogens is 1. The maximum atomic E-state index is 11.9. The number of aryl methyl sites for hydroxylation is 2. The number of aromatic nitrogens is 6. The monoisotopic (exact) mass is 365 g/mol. The second kappa shape index (κ2) is 6.81. The van der Waals surface area contributed by atoms with Crippen LogP contribution >= 0.6 is 0 Å². The first-order valence-corrected chi connectivity index (χ1v) is 8.75. The molecule has 1 saturated heterocycles. The second-order valence-corrected chi connectivity index (χ2v) is 6.63. The summed E-state index contributed by atoms with van der Waals surface area (Å²) in [6.07, 6.45) is 5.28. The van der Waals surface area contributed by atoms with E-state index in [2.05, 4.69) is 10.1 Å². The summed E-state index contributed by atoms with van der Waals surface area (Å²) in [4.78, 5) is 19.4. The van der Waals surface area contributed by atoms with Crippen LogP contribution in [0.15, 0.2) is 23.3 Å². The van der Waals surface area contributed by atoms with Gasteiger partial charge in [-0.05, 0) is 25.8 Å². The van der Waals surface area contributed by atoms with Crippen molar-refractivity contribution < 1.29 is 4.74 Å². The molecule has 1 aliphatic heterocycles. The highest BCUT2D eigenvalue weighted by atomic mass is 16.5. The van der Waals surface area contributed by atoms with Gasteiger partial charge in [-0.1, -0.05) is 0 Å². The number of ether oxygens (including phenoxy) is 1. The Hall–Kier alpha value is -3.25. The van der Waals surface area contributed by atoms with Crippen LogP contribution in [-0.4, -0.2) is 42.7 Å². The van der Waals surface area contributed by atoms with E-state index in [1.54, 1.807) is 28.6 Å². The predicted molar refractivity (Wildman–Crippen MR) is 96.4 cm³/mol. The second-order valence-electron chi connectivity index (χ2n) is 6.63. The number of pyridine rings is 1. The van der Waals surface area contributed by atoms with Gasteiger partial charge in [-0.15, -0.1) is 0 Å². The highest BCUT2D eigenvalue weighted by Gasteiger charge is 2.24. The summed E-state index contributed by atoms with van der Waals surface area (Å²) in [6.45, 7) is 3.17. The zero-order chi connectivity index (χ0) is 19.0. The Kier molecular flexibility index (Phi) is 4.33. The predicted octanol–water partition coefficient (Wildman–Crippen LogP) is 1.43. The normalized spacial score (nSPS) is 15.0. The fraction of sp³-hybridized carbons (Fsp3) is 0.389. The highest BCUT2D eigenvalue weighted by molar-refractivity contribution is 5.62. The third kappa shape index (κ3) is 3.15. The van der Waals surface area contributed by atoms with Gasteiger partial charge in [0.05, 0.1) is 12.4 Å². The molecule has 4 rings (SSSR count). The molecule has 3 aromatic heterocycles. The highest BCUT2D eigenvalue weighted by Crippen LogP contribution is 2.29. The lowest BCUT2D eigenvalue weighted by atomic mass is 10.00. The maximum absolute atomic E-state index is 11.9. The molecule has 27 heavy (non-hydrogen) atoms. The summed E-state index contributed by atoms with van der Waals surface area (Å²) in [5, 5.41) is 18.2. The van der Waals surface area contributed by atoms with Gasteiger partial charge in [0, 0.05) is 37.4 Å². The maximum Gasteiger partial charge on any atom is 0.266 e. The third-order valence-corrected chi connectivity index (χ3v) is 4.75. The Morgan fingerprint density at radius 2 is 2.15 bits per heavy atom. The number of hydrogen-bond donors (Lipinski definition) is 1. The molecule has 0 amide bonds. The van der Waals surface area contributed by atoms with Crippen molar-refractivity contribution >= 4 is 0 Å². The molecule has 0 saturated carbocycles. The minimum Gasteiger partial charge on any atom is -0.381 e. The molecule has 0 unspecified atom stereocenters. The molecule has 1 fully saturated rings. The van der Waals surface area contributed by atoms with E-state index >= 15 is 0 Å². The molecule has 0 aromatic carbocycles. The first kappa shape index (κ1) is 17.2. The largest absolute Gasteiger partial charge is 0.381 e. The topological polar surface area (TPSA) is 114 Å². The lowest BCUT2D eigenvalue weighted by molar-refractivity contribution is 0.0836. The zero-order valence-electron chi connectivity index (χ0n) is 15.1. The lowest BCUT2D eigenvalue weighted by Crippen LogP contribution is -2.15. The number of nitriles is 1. The molecule has 0 aliphatic carbocycles. The van der Waals surface area contributed by atoms with Crippen molar-refractivity contribution in [1.29, 1.82) is 5.26 Å². The van der Waals surface area contributed by atoms with Crippen molar-refractivity contribution in [3.8, 4) is 23.1 Å². The van der Waals surface area contributed by atoms with Crippen molar-refractivity contribution in [2.45, 2.75) is 25.7 Å². The van der Waals surface area contributed by atoms with Crippen molar-refractivity contribution in [2.75, 3.05) is 13.2 Å². The van der Waals surface area contributed by atoms with Crippen molar-refractivity contribution in [2.24, 2.45) is 7.05 Å². The standard InChI is InChI=1S/C18H19N7O2/c1-11-15(7-13(8-19)18(26)21-11)17-22-16(12-3-5-27-6-4-12)23-25(17)14-9-20-24(2)10-14/h7,9-10,12H,3-6H2,1-2H3,(H,21,26). The fourth-order valence-electron chi connectivity index (χ4n) is 3.27. The molecular formula is C18H19N7O2. The van der Waals surface area contributed by atoms with Gasteiger partial charge in [-0.3, -0.25) is 9.48 Å². The van der Waals surface area contributed by atoms with Crippen LogP contribution in [0.25, 0.3) is 17.1 Å². The SMILES string of the molecule is Cc1[nH]c(=O)c(C#N)cc1-c1nc(C2CCOCC2)nn1-c1cnn(C)c1. The summed E-state index contributed by atoms with van der Waals surface area (Å²) < 4.78 is 8.85. The van der Waals surface area contributed by atoms with Crippen LogP contribution in [0.2, 0.25) is 0 Å². The van der Waals surface area contributed by atoms with E-state index in [0.717, 1.165) is 24.4 Å². The number of aromatic amines is 1. The summed E-state index contributed by atoms with van der Waals surface area (Å²) in [5.74, 6) is 1.53. The molecule has 0 bridgehead atoms. The minimum absolute atomic E-state index is 0.0453. The van der Waals surface area contributed by atoms with E-state index in [1.807, 2.05) is 19.3 Å². The molecule has 138 valence electrons. The van der Waals surface area contributed by atoms with Gasteiger partial charge in [0.15, 0.2) is 11.6 Å². The van der Waals surface area contributed by atoms with E-state index < -0.39 is 5.56 Å². The average molecular weight is 365 g/mol. The van der Waals surface area contributed by atoms with Crippen LogP contribution in [0, 0.1) is 18.3 Å². The van der Waals surface area contributed by atoms with Crippen molar-refractivity contribution in [3.63, 3.8) is 0 Å². The van der Waals surface area contributed by atoms with Crippen molar-refractivity contribution in [3.05, 3.63) is 45.9 Å². The summed E-state index contributed by atoms with van der Waals surface area (Å²) in [5.41, 5.74) is 1.71. The van der Waals surface area contributed by atoms with Crippen LogP contribution in [0.4, 0.5) is 0 Å². The van der Waals surface area contributed by atoms with Gasteiger partial charge in [-0.25, -0.2) is 9.67 Å². The van der Waals surface area contributed by atoms with Crippen LogP contribution in [0.3, 0.4) is 0 Å². The molecular weight excluding hydrogens is 346 g/mol. The molecule has 9 heteroatoms. The molecule has 4 heterocycles. The number of rotatable bonds is 3. The molecule has 0 atom stereocenters. The zero-order valence-corrected chi connectivity index (χ0v) is 15.1. The fourth-order valence-corrected chi connectivity index (χ4v) is 3.27. The van der Waals surface area contributed by atoms with Crippen LogP contribution < -0.4 is 5.56 Å². The van der Waals surface area contributed by atoms with Gasteiger partial charge < -0.3 is 9.72 Å². The van der Waals surface area contributed by atoms with Gasteiger partial charge in [0.1, 0.15) is 17.3 Å². The first-order valence-electron chi connectivity index (χ1n) is 8.75. The Bertz CT molecular complexity index is 1080. The third-order valence-electron chi connectivity index (χ3n) is 4.75. The Morgan fingerprint density at radius 3 is 2.81 bits per heavy atom. The molecule has 9 nitrogen and oxygen atoms in total. The molecule has 0 spiro atoms. The van der Waals surface area contributed by atoms with Crippen LogP contribution in [-0.2, 0) is 11.8 Å². The first-order chi connectivity index (χ1) is 13.1. The Balaban J connectivity index is 1.89. The van der Waals surface area contributed by atoms with E-state index in [-0.39, 0.29) is 11.5 Å². The summed E-state index contributed by atoms with van der Waals surface area (Å²) in [6, 6.07) is 3.50. The number of nitrogens with one attached hydrogen (secondary N) is 1. The van der Waals surface area contributed by atoms with Gasteiger partial charge in [0.25, 0.3) is 5.56 Å². The minimum atomic E-state index is -0.407. The Labute approximate surface area is 155 Å². The van der Waals surface area contributed by atoms with E-state index in [4.69, 9.17) is 14.8 Å². The average Bonchev–Trinajstić information content (AvgIpc) is 3.29. The molecule has 3 aromatic rings. The van der Waals surface area contributed by atoms with Gasteiger partial charge in [-0.2, -0.15) is 15.5 Å². The quantitative estimate of drug-likeness (QED) is 0.751. The van der Waals surface area contributed by atoms with Crippen molar-refractivity contribution in [1.82, 2.24) is 29.5 Å². The summed E-state index contributed by atoms with van der Waals surface area (Å²) in [7, 11) is 1.83. The van der Waals surface area contributed by atoms with E-state index in [9.17, 15) is 10.1 Å². The van der Waals surface area contributed by atoms with Crippen LogP contribution in [0.5, 0.6) is 0 Å².